The van der Waals surface area contributed by atoms with Crippen molar-refractivity contribution in [2.45, 2.75) is 32.3 Å². The lowest BCUT2D eigenvalue weighted by atomic mass is 9.94. The van der Waals surface area contributed by atoms with E-state index in [9.17, 15) is 4.79 Å². The molecule has 0 aromatic heterocycles. The van der Waals surface area contributed by atoms with Crippen molar-refractivity contribution >= 4 is 11.6 Å². The highest BCUT2D eigenvalue weighted by atomic mass is 16.5. The van der Waals surface area contributed by atoms with Crippen LogP contribution in [-0.2, 0) is 4.79 Å². The molecule has 108 valence electrons. The fourth-order valence-corrected chi connectivity index (χ4v) is 3.07. The number of carbonyl (C=O) groups excluding carboxylic acids is 1. The van der Waals surface area contributed by atoms with Gasteiger partial charge in [-0.15, -0.1) is 0 Å². The van der Waals surface area contributed by atoms with E-state index in [0.717, 1.165) is 43.4 Å². The number of benzene rings is 1. The Morgan fingerprint density at radius 1 is 1.30 bits per heavy atom. The predicted molar refractivity (Wildman–Crippen MR) is 79.1 cm³/mol. The molecule has 1 aromatic carbocycles. The maximum atomic E-state index is 12.3. The number of piperidine rings is 1. The number of amides is 1. The van der Waals surface area contributed by atoms with Crippen LogP contribution in [0.4, 0.5) is 5.69 Å². The molecule has 20 heavy (non-hydrogen) atoms. The van der Waals surface area contributed by atoms with E-state index in [1.165, 1.54) is 12.8 Å². The molecular weight excluding hydrogens is 252 g/mol. The quantitative estimate of drug-likeness (QED) is 0.918. The Bertz CT molecular complexity index is 483. The molecule has 4 heteroatoms. The summed E-state index contributed by atoms with van der Waals surface area (Å²) in [4.78, 5) is 14.3. The lowest BCUT2D eigenvalue weighted by molar-refractivity contribution is -0.125. The minimum Gasteiger partial charge on any atom is -0.479 e. The van der Waals surface area contributed by atoms with Gasteiger partial charge in [0.2, 0.25) is 0 Å². The Morgan fingerprint density at radius 2 is 2.05 bits per heavy atom. The average molecular weight is 274 g/mol. The van der Waals surface area contributed by atoms with Crippen molar-refractivity contribution in [3.05, 3.63) is 24.3 Å². The van der Waals surface area contributed by atoms with Gasteiger partial charge in [-0.05, 0) is 57.3 Å². The van der Waals surface area contributed by atoms with Gasteiger partial charge in [-0.1, -0.05) is 12.1 Å². The Balaban J connectivity index is 1.72. The molecule has 4 nitrogen and oxygen atoms in total. The van der Waals surface area contributed by atoms with Crippen molar-refractivity contribution in [1.82, 2.24) is 5.32 Å². The minimum atomic E-state index is -0.377. The molecule has 0 radical (unpaired) electrons. The van der Waals surface area contributed by atoms with Crippen molar-refractivity contribution in [1.29, 1.82) is 0 Å². The van der Waals surface area contributed by atoms with Crippen molar-refractivity contribution < 1.29 is 9.53 Å². The van der Waals surface area contributed by atoms with E-state index in [4.69, 9.17) is 4.74 Å². The molecule has 0 bridgehead atoms. The van der Waals surface area contributed by atoms with Crippen LogP contribution in [0, 0.1) is 5.92 Å². The Kier molecular flexibility index (Phi) is 3.92. The zero-order chi connectivity index (χ0) is 13.9. The zero-order valence-corrected chi connectivity index (χ0v) is 12.0. The summed E-state index contributed by atoms with van der Waals surface area (Å²) in [7, 11) is 0. The summed E-state index contributed by atoms with van der Waals surface area (Å²) in [6.45, 7) is 4.84. The van der Waals surface area contributed by atoms with Gasteiger partial charge < -0.3 is 15.0 Å². The molecule has 1 unspecified atom stereocenters. The monoisotopic (exact) mass is 274 g/mol. The van der Waals surface area contributed by atoms with Crippen LogP contribution in [0.3, 0.4) is 0 Å². The fraction of sp³-hybridized carbons (Fsp3) is 0.562. The molecule has 1 saturated heterocycles. The third-order valence-corrected chi connectivity index (χ3v) is 4.29. The number of nitrogens with zero attached hydrogens (tertiary/aromatic N) is 1. The predicted octanol–water partition coefficient (Wildman–Crippen LogP) is 2.19. The van der Waals surface area contributed by atoms with Crippen molar-refractivity contribution in [3.63, 3.8) is 0 Å². The molecule has 1 N–H and O–H groups in total. The van der Waals surface area contributed by atoms with Gasteiger partial charge in [-0.2, -0.15) is 0 Å². The van der Waals surface area contributed by atoms with Crippen molar-refractivity contribution in [2.24, 2.45) is 5.92 Å². The van der Waals surface area contributed by atoms with Crippen molar-refractivity contribution in [2.75, 3.05) is 24.5 Å². The van der Waals surface area contributed by atoms with Gasteiger partial charge in [0.05, 0.1) is 5.69 Å². The van der Waals surface area contributed by atoms with E-state index in [1.807, 2.05) is 36.1 Å². The average Bonchev–Trinajstić information content (AvgIpc) is 2.49. The van der Waals surface area contributed by atoms with E-state index < -0.39 is 0 Å². The Morgan fingerprint density at radius 3 is 2.85 bits per heavy atom. The van der Waals surface area contributed by atoms with Gasteiger partial charge in [0, 0.05) is 6.54 Å². The first-order chi connectivity index (χ1) is 9.75. The molecule has 2 heterocycles. The number of hydrogen-bond donors (Lipinski definition) is 1. The molecule has 2 aliphatic rings. The normalized spacial score (nSPS) is 23.4. The number of fused-ring (bicyclic) bond motifs is 1. The maximum Gasteiger partial charge on any atom is 0.267 e. The fourth-order valence-electron chi connectivity index (χ4n) is 3.07. The summed E-state index contributed by atoms with van der Waals surface area (Å²) < 4.78 is 5.66. The number of nitrogens with one attached hydrogen (secondary N) is 1. The Labute approximate surface area is 120 Å². The molecular formula is C16H22N2O2. The van der Waals surface area contributed by atoms with Crippen LogP contribution in [0.25, 0.3) is 0 Å². The first-order valence-corrected chi connectivity index (χ1v) is 7.53. The minimum absolute atomic E-state index is 0.0811. The molecule has 0 saturated carbocycles. The molecule has 1 atom stereocenters. The highest BCUT2D eigenvalue weighted by Crippen LogP contribution is 2.34. The zero-order valence-electron chi connectivity index (χ0n) is 12.0. The summed E-state index contributed by atoms with van der Waals surface area (Å²) in [5.41, 5.74) is 0.921. The maximum absolute atomic E-state index is 12.3. The summed E-state index contributed by atoms with van der Waals surface area (Å²) >= 11 is 0. The smallest absolute Gasteiger partial charge is 0.267 e. The summed E-state index contributed by atoms with van der Waals surface area (Å²) in [6, 6.07) is 7.83. The van der Waals surface area contributed by atoms with Crippen LogP contribution in [0.15, 0.2) is 24.3 Å². The van der Waals surface area contributed by atoms with Crippen LogP contribution in [0.1, 0.15) is 26.2 Å². The van der Waals surface area contributed by atoms with Crippen LogP contribution >= 0.6 is 0 Å². The number of anilines is 1. The lowest BCUT2D eigenvalue weighted by Crippen LogP contribution is -2.45. The van der Waals surface area contributed by atoms with Gasteiger partial charge >= 0.3 is 0 Å². The molecule has 1 fully saturated rings. The summed E-state index contributed by atoms with van der Waals surface area (Å²) in [6.07, 6.45) is 3.14. The topological polar surface area (TPSA) is 41.6 Å². The first kappa shape index (κ1) is 13.4. The first-order valence-electron chi connectivity index (χ1n) is 7.53. The van der Waals surface area contributed by atoms with Crippen molar-refractivity contribution in [3.8, 4) is 5.75 Å². The number of para-hydroxylation sites is 2. The molecule has 0 aliphatic carbocycles. The number of ether oxygens (including phenoxy) is 1. The number of rotatable bonds is 3. The lowest BCUT2D eigenvalue weighted by Gasteiger charge is -2.34. The Hall–Kier alpha value is -1.55. The molecule has 1 aromatic rings. The third kappa shape index (κ3) is 2.66. The highest BCUT2D eigenvalue weighted by Gasteiger charge is 2.31. The molecule has 3 rings (SSSR count). The van der Waals surface area contributed by atoms with E-state index in [0.29, 0.717) is 0 Å². The van der Waals surface area contributed by atoms with Gasteiger partial charge in [-0.25, -0.2) is 0 Å². The number of hydrogen-bond acceptors (Lipinski definition) is 3. The summed E-state index contributed by atoms with van der Waals surface area (Å²) in [5.74, 6) is 1.64. The molecule has 1 amide bonds. The van der Waals surface area contributed by atoms with E-state index in [-0.39, 0.29) is 12.0 Å². The van der Waals surface area contributed by atoms with Gasteiger partial charge in [-0.3, -0.25) is 4.79 Å². The van der Waals surface area contributed by atoms with E-state index in [2.05, 4.69) is 5.32 Å². The van der Waals surface area contributed by atoms with Gasteiger partial charge in [0.1, 0.15) is 5.75 Å². The van der Waals surface area contributed by atoms with Crippen LogP contribution in [-0.4, -0.2) is 31.6 Å². The standard InChI is InChI=1S/C16H22N2O2/c1-12-16(19)18(11-8-13-6-9-17-10-7-13)14-4-2-3-5-15(14)20-12/h2-5,12-13,17H,6-11H2,1H3. The second kappa shape index (κ2) is 5.83. The SMILES string of the molecule is CC1Oc2ccccc2N(CCC2CCNCC2)C1=O. The summed E-state index contributed by atoms with van der Waals surface area (Å²) in [5, 5.41) is 3.38. The van der Waals surface area contributed by atoms with E-state index in [1.54, 1.807) is 0 Å². The highest BCUT2D eigenvalue weighted by molar-refractivity contribution is 5.99. The van der Waals surface area contributed by atoms with Crippen LogP contribution in [0.5, 0.6) is 5.75 Å². The third-order valence-electron chi connectivity index (χ3n) is 4.29. The van der Waals surface area contributed by atoms with Crippen LogP contribution < -0.4 is 15.0 Å². The second-order valence-electron chi connectivity index (χ2n) is 5.70. The largest absolute Gasteiger partial charge is 0.479 e. The molecule has 2 aliphatic heterocycles. The van der Waals surface area contributed by atoms with Gasteiger partial charge in [0.15, 0.2) is 6.10 Å². The second-order valence-corrected chi connectivity index (χ2v) is 5.70. The van der Waals surface area contributed by atoms with Crippen LogP contribution in [0.2, 0.25) is 0 Å². The van der Waals surface area contributed by atoms with Gasteiger partial charge in [0.25, 0.3) is 5.91 Å². The number of carbonyl (C=O) groups is 1. The van der Waals surface area contributed by atoms with E-state index >= 15 is 0 Å². The molecule has 0 spiro atoms.